The van der Waals surface area contributed by atoms with Gasteiger partial charge in [-0.05, 0) is 42.8 Å². The second kappa shape index (κ2) is 4.75. The summed E-state index contributed by atoms with van der Waals surface area (Å²) in [6.07, 6.45) is 1.50. The van der Waals surface area contributed by atoms with Crippen LogP contribution < -0.4 is 4.90 Å². The fourth-order valence-corrected chi connectivity index (χ4v) is 4.32. The summed E-state index contributed by atoms with van der Waals surface area (Å²) in [6.45, 7) is 4.34. The molecule has 4 rings (SSSR count). The van der Waals surface area contributed by atoms with E-state index in [0.717, 1.165) is 19.5 Å². The first kappa shape index (κ1) is 13.6. The fraction of sp³-hybridized carbons (Fsp3) is 0.368. The van der Waals surface area contributed by atoms with Crippen molar-refractivity contribution in [1.82, 2.24) is 4.90 Å². The molecule has 0 aliphatic carbocycles. The van der Waals surface area contributed by atoms with Crippen LogP contribution in [0.2, 0.25) is 0 Å². The third kappa shape index (κ3) is 1.85. The number of rotatable bonds is 2. The molecule has 0 saturated carbocycles. The maximum absolute atomic E-state index is 9.94. The number of hydrogen-bond donors (Lipinski definition) is 1. The van der Waals surface area contributed by atoms with Gasteiger partial charge in [-0.1, -0.05) is 37.3 Å². The second-order valence-corrected chi connectivity index (χ2v) is 6.84. The molecule has 0 spiro atoms. The van der Waals surface area contributed by atoms with Gasteiger partial charge in [0, 0.05) is 24.2 Å². The molecule has 0 bridgehead atoms. The number of anilines is 1. The lowest BCUT2D eigenvalue weighted by molar-refractivity contribution is 0.259. The second-order valence-electron chi connectivity index (χ2n) is 6.84. The highest BCUT2D eigenvalue weighted by Gasteiger charge is 2.53. The predicted molar refractivity (Wildman–Crippen MR) is 89.1 cm³/mol. The van der Waals surface area contributed by atoms with Gasteiger partial charge in [-0.15, -0.1) is 0 Å². The van der Waals surface area contributed by atoms with Crippen molar-refractivity contribution in [1.29, 1.82) is 0 Å². The molecule has 0 radical (unpaired) electrons. The Morgan fingerprint density at radius 2 is 1.95 bits per heavy atom. The SMILES string of the molecule is CN1CC[C@]2(C)c3cc(O)ccc3N(Cc3ccccc3)C12. The molecule has 1 unspecified atom stereocenters. The Labute approximate surface area is 131 Å². The van der Waals surface area contributed by atoms with Gasteiger partial charge in [-0.3, -0.25) is 4.90 Å². The Morgan fingerprint density at radius 1 is 1.18 bits per heavy atom. The van der Waals surface area contributed by atoms with E-state index in [1.54, 1.807) is 6.07 Å². The zero-order valence-electron chi connectivity index (χ0n) is 13.2. The summed E-state index contributed by atoms with van der Waals surface area (Å²) < 4.78 is 0. The molecule has 2 aromatic carbocycles. The molecular weight excluding hydrogens is 272 g/mol. The van der Waals surface area contributed by atoms with E-state index in [2.05, 4.69) is 60.2 Å². The van der Waals surface area contributed by atoms with Gasteiger partial charge >= 0.3 is 0 Å². The van der Waals surface area contributed by atoms with Crippen LogP contribution >= 0.6 is 0 Å². The van der Waals surface area contributed by atoms with Crippen molar-refractivity contribution in [3.05, 3.63) is 59.7 Å². The third-order valence-electron chi connectivity index (χ3n) is 5.37. The lowest BCUT2D eigenvalue weighted by Gasteiger charge is -2.35. The largest absolute Gasteiger partial charge is 0.508 e. The summed E-state index contributed by atoms with van der Waals surface area (Å²) in [6, 6.07) is 16.5. The van der Waals surface area contributed by atoms with Gasteiger partial charge in [0.15, 0.2) is 0 Å². The molecule has 2 aliphatic rings. The Kier molecular flexibility index (Phi) is 2.95. The Balaban J connectivity index is 1.80. The molecule has 0 amide bonds. The molecule has 1 N–H and O–H groups in total. The summed E-state index contributed by atoms with van der Waals surface area (Å²) in [7, 11) is 2.21. The minimum atomic E-state index is 0.0948. The van der Waals surface area contributed by atoms with Crippen molar-refractivity contribution in [2.75, 3.05) is 18.5 Å². The lowest BCUT2D eigenvalue weighted by atomic mass is 9.81. The zero-order chi connectivity index (χ0) is 15.3. The first-order valence-electron chi connectivity index (χ1n) is 7.94. The molecule has 114 valence electrons. The fourth-order valence-electron chi connectivity index (χ4n) is 4.32. The number of likely N-dealkylation sites (tertiary alicyclic amines) is 1. The number of aromatic hydroxyl groups is 1. The van der Waals surface area contributed by atoms with Gasteiger partial charge in [-0.25, -0.2) is 0 Å². The molecule has 0 aromatic heterocycles. The van der Waals surface area contributed by atoms with Crippen molar-refractivity contribution in [3.8, 4) is 5.75 Å². The van der Waals surface area contributed by atoms with Gasteiger partial charge in [0.25, 0.3) is 0 Å². The summed E-state index contributed by atoms with van der Waals surface area (Å²) in [5.41, 5.74) is 3.97. The highest BCUT2D eigenvalue weighted by Crippen LogP contribution is 2.52. The first-order chi connectivity index (χ1) is 10.6. The van der Waals surface area contributed by atoms with Gasteiger partial charge in [0.05, 0.1) is 6.17 Å². The molecule has 1 saturated heterocycles. The topological polar surface area (TPSA) is 26.7 Å². The minimum absolute atomic E-state index is 0.0948. The van der Waals surface area contributed by atoms with Gasteiger partial charge in [0.1, 0.15) is 5.75 Å². The highest BCUT2D eigenvalue weighted by molar-refractivity contribution is 5.66. The molecule has 2 heterocycles. The quantitative estimate of drug-likeness (QED) is 0.920. The molecule has 2 atom stereocenters. The van der Waals surface area contributed by atoms with Crippen LogP contribution in [0.15, 0.2) is 48.5 Å². The van der Waals surface area contributed by atoms with Crippen LogP contribution in [0.1, 0.15) is 24.5 Å². The number of hydrogen-bond acceptors (Lipinski definition) is 3. The predicted octanol–water partition coefficient (Wildman–Crippen LogP) is 3.33. The minimum Gasteiger partial charge on any atom is -0.508 e. The maximum Gasteiger partial charge on any atom is 0.116 e. The van der Waals surface area contributed by atoms with Crippen LogP contribution in [0.5, 0.6) is 5.75 Å². The van der Waals surface area contributed by atoms with E-state index in [9.17, 15) is 5.11 Å². The van der Waals surface area contributed by atoms with Gasteiger partial charge in [-0.2, -0.15) is 0 Å². The average Bonchev–Trinajstić information content (AvgIpc) is 2.94. The van der Waals surface area contributed by atoms with Crippen LogP contribution in [0.4, 0.5) is 5.69 Å². The number of phenols is 1. The van der Waals surface area contributed by atoms with E-state index >= 15 is 0 Å². The van der Waals surface area contributed by atoms with E-state index in [0.29, 0.717) is 11.9 Å². The number of benzene rings is 2. The van der Waals surface area contributed by atoms with Crippen LogP contribution in [-0.2, 0) is 12.0 Å². The average molecular weight is 294 g/mol. The zero-order valence-corrected chi connectivity index (χ0v) is 13.2. The van der Waals surface area contributed by atoms with Crippen molar-refractivity contribution >= 4 is 5.69 Å². The standard InChI is InChI=1S/C19H22N2O/c1-19-10-11-20(2)18(19)21(13-14-6-4-3-5-7-14)17-9-8-15(22)12-16(17)19/h3-9,12,18,22H,10-11,13H2,1-2H3/t18?,19-/m1/s1. The number of nitrogens with zero attached hydrogens (tertiary/aromatic N) is 2. The van der Waals surface area contributed by atoms with E-state index in [-0.39, 0.29) is 5.41 Å². The van der Waals surface area contributed by atoms with E-state index in [1.807, 2.05) is 6.07 Å². The molecule has 2 aliphatic heterocycles. The van der Waals surface area contributed by atoms with E-state index in [4.69, 9.17) is 0 Å². The maximum atomic E-state index is 9.94. The Morgan fingerprint density at radius 3 is 2.73 bits per heavy atom. The highest BCUT2D eigenvalue weighted by atomic mass is 16.3. The van der Waals surface area contributed by atoms with Crippen molar-refractivity contribution in [3.63, 3.8) is 0 Å². The first-order valence-corrected chi connectivity index (χ1v) is 7.94. The number of phenolic OH excluding ortho intramolecular Hbond substituents is 1. The Bertz CT molecular complexity index is 700. The van der Waals surface area contributed by atoms with Crippen molar-refractivity contribution < 1.29 is 5.11 Å². The normalized spacial score (nSPS) is 27.0. The smallest absolute Gasteiger partial charge is 0.116 e. The molecular formula is C19H22N2O. The molecule has 3 nitrogen and oxygen atoms in total. The van der Waals surface area contributed by atoms with Crippen LogP contribution in [0.3, 0.4) is 0 Å². The monoisotopic (exact) mass is 294 g/mol. The lowest BCUT2D eigenvalue weighted by Crippen LogP contribution is -2.46. The molecule has 2 aromatic rings. The van der Waals surface area contributed by atoms with Crippen LogP contribution in [0.25, 0.3) is 0 Å². The summed E-state index contributed by atoms with van der Waals surface area (Å²) in [5, 5.41) is 9.94. The van der Waals surface area contributed by atoms with Crippen molar-refractivity contribution in [2.45, 2.75) is 31.5 Å². The summed E-state index contributed by atoms with van der Waals surface area (Å²) >= 11 is 0. The number of likely N-dealkylation sites (N-methyl/N-ethyl adjacent to an activating group) is 1. The van der Waals surface area contributed by atoms with Crippen LogP contribution in [0, 0.1) is 0 Å². The summed E-state index contributed by atoms with van der Waals surface area (Å²) in [5.74, 6) is 0.370. The van der Waals surface area contributed by atoms with E-state index < -0.39 is 0 Å². The molecule has 22 heavy (non-hydrogen) atoms. The molecule has 3 heteroatoms. The van der Waals surface area contributed by atoms with E-state index in [1.165, 1.54) is 16.8 Å². The summed E-state index contributed by atoms with van der Waals surface area (Å²) in [4.78, 5) is 4.94. The van der Waals surface area contributed by atoms with Crippen LogP contribution in [-0.4, -0.2) is 29.8 Å². The Hall–Kier alpha value is -2.00. The third-order valence-corrected chi connectivity index (χ3v) is 5.37. The van der Waals surface area contributed by atoms with Gasteiger partial charge in [0.2, 0.25) is 0 Å². The van der Waals surface area contributed by atoms with Gasteiger partial charge < -0.3 is 10.0 Å². The van der Waals surface area contributed by atoms with Crippen molar-refractivity contribution in [2.24, 2.45) is 0 Å². The number of fused-ring (bicyclic) bond motifs is 3. The molecule has 1 fully saturated rings.